The van der Waals surface area contributed by atoms with Gasteiger partial charge in [-0.1, -0.05) is 54.5 Å². The van der Waals surface area contributed by atoms with Gasteiger partial charge in [-0.05, 0) is 23.2 Å². The Hall–Kier alpha value is 0.00688. The first-order chi connectivity index (χ1) is 7.31. The molecule has 0 aliphatic rings. The monoisotopic (exact) mass is 319 g/mol. The number of benzene rings is 1. The van der Waals surface area contributed by atoms with Gasteiger partial charge in [-0.15, -0.1) is 0 Å². The molecule has 1 rings (SSSR count). The molecular formula is C12H17BrClOSi. The van der Waals surface area contributed by atoms with Crippen molar-refractivity contribution in [2.24, 2.45) is 0 Å². The molecule has 0 aliphatic heterocycles. The van der Waals surface area contributed by atoms with Gasteiger partial charge < -0.3 is 4.74 Å². The summed E-state index contributed by atoms with van der Waals surface area (Å²) in [6.45, 7) is 9.85. The van der Waals surface area contributed by atoms with Gasteiger partial charge in [0.2, 0.25) is 0 Å². The average Bonchev–Trinajstić information content (AvgIpc) is 2.13. The van der Waals surface area contributed by atoms with E-state index < -0.39 is 0 Å². The fourth-order valence-corrected chi connectivity index (χ4v) is 2.21. The Morgan fingerprint density at radius 1 is 1.31 bits per heavy atom. The maximum absolute atomic E-state index is 5.96. The van der Waals surface area contributed by atoms with Crippen LogP contribution in [0.5, 0.6) is 5.75 Å². The van der Waals surface area contributed by atoms with E-state index in [9.17, 15) is 0 Å². The van der Waals surface area contributed by atoms with E-state index in [0.717, 1.165) is 16.8 Å². The van der Waals surface area contributed by atoms with Crippen molar-refractivity contribution in [3.8, 4) is 5.75 Å². The van der Waals surface area contributed by atoms with Gasteiger partial charge in [0.05, 0.1) is 15.4 Å². The van der Waals surface area contributed by atoms with E-state index in [4.69, 9.17) is 16.3 Å². The third kappa shape index (κ3) is 4.11. The van der Waals surface area contributed by atoms with E-state index in [1.807, 2.05) is 18.2 Å². The first-order valence-corrected chi connectivity index (χ1v) is 8.88. The van der Waals surface area contributed by atoms with Crippen molar-refractivity contribution in [2.75, 3.05) is 6.61 Å². The fraction of sp³-hybridized carbons (Fsp3) is 0.500. The molecule has 0 heterocycles. The molecule has 0 aromatic heterocycles. The van der Waals surface area contributed by atoms with Crippen molar-refractivity contribution in [2.45, 2.75) is 32.0 Å². The van der Waals surface area contributed by atoms with Crippen molar-refractivity contribution >= 4 is 36.3 Å². The van der Waals surface area contributed by atoms with E-state index in [1.165, 1.54) is 0 Å². The van der Waals surface area contributed by atoms with Crippen LogP contribution in [-0.4, -0.2) is 15.4 Å². The third-order valence-electron chi connectivity index (χ3n) is 2.79. The molecular weight excluding hydrogens is 304 g/mol. The van der Waals surface area contributed by atoms with Crippen LogP contribution in [0.25, 0.3) is 0 Å². The molecule has 1 nitrogen and oxygen atoms in total. The van der Waals surface area contributed by atoms with Crippen LogP contribution >= 0.6 is 27.5 Å². The Balaban J connectivity index is 2.68. The molecule has 0 bridgehead atoms. The maximum atomic E-state index is 5.96. The number of hydrogen-bond acceptors (Lipinski definition) is 1. The number of halogens is 2. The molecule has 0 aliphatic carbocycles. The first-order valence-electron chi connectivity index (χ1n) is 5.21. The summed E-state index contributed by atoms with van der Waals surface area (Å²) in [7, 11) is -0.370. The summed E-state index contributed by atoms with van der Waals surface area (Å²) in [6, 6.07) is 5.65. The molecule has 0 atom stereocenters. The summed E-state index contributed by atoms with van der Waals surface area (Å²) >= 11 is 9.36. The van der Waals surface area contributed by atoms with Gasteiger partial charge in [-0.25, -0.2) is 0 Å². The molecule has 0 N–H and O–H groups in total. The first kappa shape index (κ1) is 14.1. The predicted molar refractivity (Wildman–Crippen MR) is 76.2 cm³/mol. The Morgan fingerprint density at radius 3 is 2.44 bits per heavy atom. The molecule has 89 valence electrons. The summed E-state index contributed by atoms with van der Waals surface area (Å²) in [5.41, 5.74) is 0. The maximum Gasteiger partial charge on any atom is 0.121 e. The molecule has 0 saturated carbocycles. The van der Waals surface area contributed by atoms with E-state index in [0.29, 0.717) is 5.02 Å². The second-order valence-electron chi connectivity index (χ2n) is 4.78. The number of hydrogen-bond donors (Lipinski definition) is 0. The van der Waals surface area contributed by atoms with Gasteiger partial charge in [0, 0.05) is 9.50 Å². The van der Waals surface area contributed by atoms with Crippen LogP contribution in [0, 0.1) is 0 Å². The highest BCUT2D eigenvalue weighted by Crippen LogP contribution is 2.31. The Kier molecular flexibility index (Phi) is 4.89. The van der Waals surface area contributed by atoms with Crippen LogP contribution in [0.1, 0.15) is 13.8 Å². The Bertz CT molecular complexity index is 346. The van der Waals surface area contributed by atoms with Gasteiger partial charge in [0.25, 0.3) is 0 Å². The largest absolute Gasteiger partial charge is 0.493 e. The van der Waals surface area contributed by atoms with Crippen molar-refractivity contribution in [1.82, 2.24) is 0 Å². The predicted octanol–water partition coefficient (Wildman–Crippen LogP) is 5.02. The SMILES string of the molecule is C[Si](C)C(C)(C)COc1cc(Cl)cc(Br)c1. The van der Waals surface area contributed by atoms with Gasteiger partial charge >= 0.3 is 0 Å². The van der Waals surface area contributed by atoms with E-state index in [1.54, 1.807) is 0 Å². The molecule has 1 radical (unpaired) electrons. The minimum atomic E-state index is -0.370. The van der Waals surface area contributed by atoms with Crippen LogP contribution in [0.4, 0.5) is 0 Å². The summed E-state index contributed by atoms with van der Waals surface area (Å²) < 4.78 is 6.76. The van der Waals surface area contributed by atoms with E-state index in [-0.39, 0.29) is 13.8 Å². The lowest BCUT2D eigenvalue weighted by atomic mass is 10.2. The smallest absolute Gasteiger partial charge is 0.121 e. The van der Waals surface area contributed by atoms with Crippen molar-refractivity contribution < 1.29 is 4.74 Å². The highest BCUT2D eigenvalue weighted by molar-refractivity contribution is 9.10. The highest BCUT2D eigenvalue weighted by Gasteiger charge is 2.24. The molecule has 0 amide bonds. The lowest BCUT2D eigenvalue weighted by Crippen LogP contribution is -2.27. The van der Waals surface area contributed by atoms with Crippen LogP contribution < -0.4 is 4.74 Å². The van der Waals surface area contributed by atoms with E-state index >= 15 is 0 Å². The summed E-state index contributed by atoms with van der Waals surface area (Å²) in [5.74, 6) is 0.829. The summed E-state index contributed by atoms with van der Waals surface area (Å²) in [5, 5.41) is 0.958. The Labute approximate surface area is 113 Å². The number of rotatable bonds is 4. The van der Waals surface area contributed by atoms with Crippen molar-refractivity contribution in [3.63, 3.8) is 0 Å². The van der Waals surface area contributed by atoms with Gasteiger partial charge in [-0.2, -0.15) is 0 Å². The molecule has 16 heavy (non-hydrogen) atoms. The molecule has 0 spiro atoms. The zero-order valence-corrected chi connectivity index (χ0v) is 13.4. The molecule has 0 unspecified atom stereocenters. The molecule has 0 saturated heterocycles. The quantitative estimate of drug-likeness (QED) is 0.708. The molecule has 0 fully saturated rings. The molecule has 1 aromatic carbocycles. The molecule has 4 heteroatoms. The average molecular weight is 321 g/mol. The van der Waals surface area contributed by atoms with Gasteiger partial charge in [0.15, 0.2) is 0 Å². The van der Waals surface area contributed by atoms with Gasteiger partial charge in [0.1, 0.15) is 5.75 Å². The topological polar surface area (TPSA) is 9.23 Å². The highest BCUT2D eigenvalue weighted by atomic mass is 79.9. The normalized spacial score (nSPS) is 11.9. The summed E-state index contributed by atoms with van der Waals surface area (Å²) in [4.78, 5) is 0. The van der Waals surface area contributed by atoms with E-state index in [2.05, 4.69) is 42.9 Å². The van der Waals surface area contributed by atoms with Crippen molar-refractivity contribution in [1.29, 1.82) is 0 Å². The van der Waals surface area contributed by atoms with Crippen molar-refractivity contribution in [3.05, 3.63) is 27.7 Å². The van der Waals surface area contributed by atoms with Crippen LogP contribution in [0.3, 0.4) is 0 Å². The zero-order valence-electron chi connectivity index (χ0n) is 10.1. The van der Waals surface area contributed by atoms with Crippen LogP contribution in [-0.2, 0) is 0 Å². The molecule has 1 aromatic rings. The van der Waals surface area contributed by atoms with Crippen LogP contribution in [0.2, 0.25) is 23.2 Å². The minimum absolute atomic E-state index is 0.263. The zero-order chi connectivity index (χ0) is 12.3. The van der Waals surface area contributed by atoms with Crippen LogP contribution in [0.15, 0.2) is 22.7 Å². The fourth-order valence-electron chi connectivity index (χ4n) is 1.02. The minimum Gasteiger partial charge on any atom is -0.493 e. The standard InChI is InChI=1S/C12H17BrClOSi/c1-12(2,16(3)4)8-15-11-6-9(13)5-10(14)7-11/h5-7H,8H2,1-4H3. The second kappa shape index (κ2) is 5.56. The lowest BCUT2D eigenvalue weighted by molar-refractivity contribution is 0.276. The number of ether oxygens (including phenoxy) is 1. The Morgan fingerprint density at radius 2 is 1.94 bits per heavy atom. The van der Waals surface area contributed by atoms with Gasteiger partial charge in [-0.3, -0.25) is 0 Å². The third-order valence-corrected chi connectivity index (χ3v) is 6.32. The second-order valence-corrected chi connectivity index (χ2v) is 9.48. The summed E-state index contributed by atoms with van der Waals surface area (Å²) in [6.07, 6.45) is 0. The lowest BCUT2D eigenvalue weighted by Gasteiger charge is -2.27.